The zero-order chi connectivity index (χ0) is 12.7. The second-order valence-electron chi connectivity index (χ2n) is 3.27. The molecule has 0 spiro atoms. The van der Waals surface area contributed by atoms with Crippen molar-refractivity contribution in [2.24, 2.45) is 0 Å². The lowest BCUT2D eigenvalue weighted by atomic mass is 10.3. The Hall–Kier alpha value is -2.05. The second-order valence-corrected chi connectivity index (χ2v) is 3.27. The molecule has 0 saturated carbocycles. The summed E-state index contributed by atoms with van der Waals surface area (Å²) in [6.07, 6.45) is 1.99. The number of hydrogen-bond acceptors (Lipinski definition) is 5. The lowest BCUT2D eigenvalue weighted by molar-refractivity contribution is -0.140. The van der Waals surface area contributed by atoms with Crippen LogP contribution in [0.4, 0.5) is 4.79 Å². The molecule has 2 N–H and O–H groups in total. The summed E-state index contributed by atoms with van der Waals surface area (Å²) < 4.78 is 9.40. The van der Waals surface area contributed by atoms with Gasteiger partial charge in [-0.3, -0.25) is 0 Å². The van der Waals surface area contributed by atoms with E-state index in [0.717, 1.165) is 12.2 Å². The van der Waals surface area contributed by atoms with Crippen molar-refractivity contribution in [1.29, 1.82) is 0 Å². The Labute approximate surface area is 98.1 Å². The van der Waals surface area contributed by atoms with Crippen LogP contribution >= 0.6 is 0 Å². The number of urea groups is 1. The molecule has 1 rings (SSSR count). The maximum atomic E-state index is 11.1. The van der Waals surface area contributed by atoms with Crippen LogP contribution in [0.5, 0.6) is 0 Å². The van der Waals surface area contributed by atoms with Crippen LogP contribution in [-0.4, -0.2) is 43.8 Å². The van der Waals surface area contributed by atoms with Gasteiger partial charge in [-0.25, -0.2) is 14.4 Å². The van der Waals surface area contributed by atoms with Gasteiger partial charge in [0.25, 0.3) is 0 Å². The first kappa shape index (κ1) is 13.0. The van der Waals surface area contributed by atoms with E-state index in [2.05, 4.69) is 15.4 Å². The van der Waals surface area contributed by atoms with Crippen LogP contribution in [-0.2, 0) is 19.1 Å². The summed E-state index contributed by atoms with van der Waals surface area (Å²) in [4.78, 5) is 32.8. The molecule has 1 atom stereocenters. The van der Waals surface area contributed by atoms with E-state index in [-0.39, 0.29) is 25.3 Å². The SMILES string of the molecule is CCOC(=O)/C=C/C(=O)OCC1CNC(=O)N1. The number of esters is 2. The Morgan fingerprint density at radius 1 is 1.35 bits per heavy atom. The van der Waals surface area contributed by atoms with Gasteiger partial charge >= 0.3 is 18.0 Å². The highest BCUT2D eigenvalue weighted by molar-refractivity contribution is 5.91. The minimum absolute atomic E-state index is 0.0603. The number of carbonyl (C=O) groups is 3. The van der Waals surface area contributed by atoms with Crippen molar-refractivity contribution in [2.75, 3.05) is 19.8 Å². The Kier molecular flexibility index (Phi) is 4.99. The molecule has 1 aliphatic heterocycles. The molecule has 0 aromatic carbocycles. The Bertz CT molecular complexity index is 340. The van der Waals surface area contributed by atoms with Gasteiger partial charge in [0.2, 0.25) is 0 Å². The zero-order valence-electron chi connectivity index (χ0n) is 9.39. The molecule has 0 aromatic heterocycles. The normalized spacial score (nSPS) is 18.6. The highest BCUT2D eigenvalue weighted by Gasteiger charge is 2.20. The average molecular weight is 242 g/mol. The summed E-state index contributed by atoms with van der Waals surface area (Å²) in [6, 6.07) is -0.518. The van der Waals surface area contributed by atoms with Gasteiger partial charge in [-0.05, 0) is 6.92 Å². The zero-order valence-corrected chi connectivity index (χ0v) is 9.39. The fourth-order valence-electron chi connectivity index (χ4n) is 1.16. The molecular formula is C10H14N2O5. The van der Waals surface area contributed by atoms with Crippen molar-refractivity contribution in [2.45, 2.75) is 13.0 Å². The number of nitrogens with one attached hydrogen (secondary N) is 2. The Balaban J connectivity index is 2.21. The number of carbonyl (C=O) groups excluding carboxylic acids is 3. The van der Waals surface area contributed by atoms with E-state index in [1.165, 1.54) is 0 Å². The monoisotopic (exact) mass is 242 g/mol. The van der Waals surface area contributed by atoms with Crippen LogP contribution in [0.15, 0.2) is 12.2 Å². The summed E-state index contributed by atoms with van der Waals surface area (Å²) in [7, 11) is 0. The van der Waals surface area contributed by atoms with Crippen LogP contribution < -0.4 is 10.6 Å². The van der Waals surface area contributed by atoms with E-state index in [1.807, 2.05) is 0 Å². The molecule has 1 fully saturated rings. The topological polar surface area (TPSA) is 93.7 Å². The van der Waals surface area contributed by atoms with Gasteiger partial charge < -0.3 is 20.1 Å². The van der Waals surface area contributed by atoms with Gasteiger partial charge in [0.15, 0.2) is 0 Å². The van der Waals surface area contributed by atoms with Crippen molar-refractivity contribution in [3.05, 3.63) is 12.2 Å². The first-order valence-corrected chi connectivity index (χ1v) is 5.17. The first-order valence-electron chi connectivity index (χ1n) is 5.17. The smallest absolute Gasteiger partial charge is 0.331 e. The fraction of sp³-hybridized carbons (Fsp3) is 0.500. The van der Waals surface area contributed by atoms with Crippen molar-refractivity contribution in [3.8, 4) is 0 Å². The third kappa shape index (κ3) is 5.01. The van der Waals surface area contributed by atoms with Gasteiger partial charge in [0.1, 0.15) is 6.61 Å². The number of amides is 2. The molecule has 17 heavy (non-hydrogen) atoms. The quantitative estimate of drug-likeness (QED) is 0.492. The molecule has 1 aliphatic rings. The lowest BCUT2D eigenvalue weighted by Gasteiger charge is -2.07. The third-order valence-electron chi connectivity index (χ3n) is 1.91. The molecule has 0 bridgehead atoms. The average Bonchev–Trinajstić information content (AvgIpc) is 2.70. The summed E-state index contributed by atoms with van der Waals surface area (Å²) in [5.74, 6) is -1.25. The molecule has 0 aliphatic carbocycles. The van der Waals surface area contributed by atoms with E-state index in [0.29, 0.717) is 6.54 Å². The molecule has 1 heterocycles. The van der Waals surface area contributed by atoms with E-state index in [1.54, 1.807) is 6.92 Å². The Morgan fingerprint density at radius 3 is 2.53 bits per heavy atom. The third-order valence-corrected chi connectivity index (χ3v) is 1.91. The summed E-state index contributed by atoms with van der Waals surface area (Å²) in [6.45, 7) is 2.39. The molecule has 94 valence electrons. The van der Waals surface area contributed by atoms with Gasteiger partial charge in [-0.2, -0.15) is 0 Å². The van der Waals surface area contributed by atoms with Crippen LogP contribution in [0.2, 0.25) is 0 Å². The predicted molar refractivity (Wildman–Crippen MR) is 57.1 cm³/mol. The number of rotatable bonds is 5. The van der Waals surface area contributed by atoms with Crippen molar-refractivity contribution >= 4 is 18.0 Å². The predicted octanol–water partition coefficient (Wildman–Crippen LogP) is -0.670. The minimum atomic E-state index is -0.654. The summed E-state index contributed by atoms with van der Waals surface area (Å²) in [5.41, 5.74) is 0. The van der Waals surface area contributed by atoms with Crippen molar-refractivity contribution < 1.29 is 23.9 Å². The molecule has 2 amide bonds. The van der Waals surface area contributed by atoms with Crippen LogP contribution in [0, 0.1) is 0 Å². The summed E-state index contributed by atoms with van der Waals surface area (Å²) in [5, 5.41) is 5.08. The van der Waals surface area contributed by atoms with Gasteiger partial charge in [0.05, 0.1) is 12.6 Å². The van der Waals surface area contributed by atoms with Gasteiger partial charge in [-0.1, -0.05) is 0 Å². The molecule has 0 radical (unpaired) electrons. The van der Waals surface area contributed by atoms with Gasteiger partial charge in [-0.15, -0.1) is 0 Å². The molecule has 7 heteroatoms. The highest BCUT2D eigenvalue weighted by Crippen LogP contribution is 1.93. The fourth-order valence-corrected chi connectivity index (χ4v) is 1.16. The van der Waals surface area contributed by atoms with Crippen molar-refractivity contribution in [1.82, 2.24) is 10.6 Å². The first-order chi connectivity index (χ1) is 8.11. The second kappa shape index (κ2) is 6.51. The van der Waals surface area contributed by atoms with Crippen molar-refractivity contribution in [3.63, 3.8) is 0 Å². The number of hydrogen-bond donors (Lipinski definition) is 2. The van der Waals surface area contributed by atoms with E-state index in [9.17, 15) is 14.4 Å². The van der Waals surface area contributed by atoms with E-state index >= 15 is 0 Å². The van der Waals surface area contributed by atoms with Gasteiger partial charge in [0, 0.05) is 18.7 Å². The molecule has 0 aromatic rings. The molecular weight excluding hydrogens is 228 g/mol. The Morgan fingerprint density at radius 2 is 2.00 bits per heavy atom. The number of ether oxygens (including phenoxy) is 2. The van der Waals surface area contributed by atoms with E-state index < -0.39 is 11.9 Å². The van der Waals surface area contributed by atoms with E-state index in [4.69, 9.17) is 4.74 Å². The maximum Gasteiger partial charge on any atom is 0.331 e. The minimum Gasteiger partial charge on any atom is -0.463 e. The highest BCUT2D eigenvalue weighted by atomic mass is 16.5. The summed E-state index contributed by atoms with van der Waals surface area (Å²) >= 11 is 0. The molecule has 7 nitrogen and oxygen atoms in total. The largest absolute Gasteiger partial charge is 0.463 e. The van der Waals surface area contributed by atoms with Crippen LogP contribution in [0.3, 0.4) is 0 Å². The maximum absolute atomic E-state index is 11.1. The van der Waals surface area contributed by atoms with Crippen LogP contribution in [0.25, 0.3) is 0 Å². The van der Waals surface area contributed by atoms with Crippen LogP contribution in [0.1, 0.15) is 6.92 Å². The molecule has 1 saturated heterocycles. The lowest BCUT2D eigenvalue weighted by Crippen LogP contribution is -2.31. The standard InChI is InChI=1S/C10H14N2O5/c1-2-16-8(13)3-4-9(14)17-6-7-5-11-10(15)12-7/h3-4,7H,2,5-6H2,1H3,(H2,11,12,15)/b4-3+. The molecule has 1 unspecified atom stereocenters.